The van der Waals surface area contributed by atoms with Crippen LogP contribution in [0.25, 0.3) is 5.57 Å². The number of esters is 1. The van der Waals surface area contributed by atoms with Gasteiger partial charge in [0.05, 0.1) is 20.8 Å². The van der Waals surface area contributed by atoms with Crippen molar-refractivity contribution in [2.75, 3.05) is 20.8 Å². The molecule has 0 saturated heterocycles. The predicted octanol–water partition coefficient (Wildman–Crippen LogP) is 4.35. The van der Waals surface area contributed by atoms with Crippen LogP contribution in [0.4, 0.5) is 0 Å². The molecule has 2 rings (SSSR count). The average molecular weight is 347 g/mol. The van der Waals surface area contributed by atoms with Gasteiger partial charge in [0.15, 0.2) is 11.5 Å². The molecular weight excluding hydrogens is 328 g/mol. The van der Waals surface area contributed by atoms with Gasteiger partial charge in [0.25, 0.3) is 0 Å². The highest BCUT2D eigenvalue weighted by Gasteiger charge is 2.12. The smallest absolute Gasteiger partial charge is 0.331 e. The monoisotopic (exact) mass is 346 g/mol. The second-order valence-corrected chi connectivity index (χ2v) is 5.32. The van der Waals surface area contributed by atoms with Gasteiger partial charge in [0, 0.05) is 11.1 Å². The lowest BCUT2D eigenvalue weighted by atomic mass is 9.97. The number of hydrogen-bond donors (Lipinski definition) is 0. The van der Waals surface area contributed by atoms with E-state index in [9.17, 15) is 4.79 Å². The molecule has 0 aromatic heterocycles. The molecule has 0 bridgehead atoms. The summed E-state index contributed by atoms with van der Waals surface area (Å²) >= 11 is 5.96. The first-order valence-electron chi connectivity index (χ1n) is 7.45. The molecule has 4 nitrogen and oxygen atoms in total. The summed E-state index contributed by atoms with van der Waals surface area (Å²) in [5.74, 6) is 0.795. The van der Waals surface area contributed by atoms with E-state index < -0.39 is 5.97 Å². The van der Waals surface area contributed by atoms with Crippen molar-refractivity contribution in [2.24, 2.45) is 0 Å². The van der Waals surface area contributed by atoms with Crippen molar-refractivity contribution < 1.29 is 19.0 Å². The minimum Gasteiger partial charge on any atom is -0.493 e. The molecule has 0 fully saturated rings. The summed E-state index contributed by atoms with van der Waals surface area (Å²) in [6.45, 7) is 2.08. The summed E-state index contributed by atoms with van der Waals surface area (Å²) in [6.07, 6.45) is 1.47. The molecule has 0 radical (unpaired) electrons. The van der Waals surface area contributed by atoms with E-state index in [0.717, 1.165) is 11.1 Å². The summed E-state index contributed by atoms with van der Waals surface area (Å²) < 4.78 is 15.6. The number of methoxy groups -OCH3 is 2. The molecule has 0 aliphatic carbocycles. The van der Waals surface area contributed by atoms with Crippen molar-refractivity contribution in [3.63, 3.8) is 0 Å². The highest BCUT2D eigenvalue weighted by molar-refractivity contribution is 6.30. The van der Waals surface area contributed by atoms with Gasteiger partial charge < -0.3 is 14.2 Å². The number of rotatable bonds is 6. The predicted molar refractivity (Wildman–Crippen MR) is 94.7 cm³/mol. The zero-order valence-corrected chi connectivity index (χ0v) is 14.6. The van der Waals surface area contributed by atoms with Gasteiger partial charge in [-0.2, -0.15) is 0 Å². The number of halogens is 1. The van der Waals surface area contributed by atoms with Crippen molar-refractivity contribution in [1.29, 1.82) is 0 Å². The normalized spacial score (nSPS) is 11.1. The first kappa shape index (κ1) is 17.9. The van der Waals surface area contributed by atoms with E-state index >= 15 is 0 Å². The molecule has 2 aromatic carbocycles. The van der Waals surface area contributed by atoms with E-state index in [4.69, 9.17) is 25.8 Å². The van der Waals surface area contributed by atoms with Crippen molar-refractivity contribution in [3.05, 3.63) is 64.7 Å². The SMILES string of the molecule is CCOC(=O)/C=C(\c1ccc(Cl)cc1)c1ccc(OC)c(OC)c1. The van der Waals surface area contributed by atoms with Gasteiger partial charge in [-0.25, -0.2) is 4.79 Å². The zero-order valence-electron chi connectivity index (χ0n) is 13.8. The van der Waals surface area contributed by atoms with E-state index in [2.05, 4.69) is 0 Å². The van der Waals surface area contributed by atoms with Crippen LogP contribution in [-0.4, -0.2) is 26.8 Å². The van der Waals surface area contributed by atoms with Gasteiger partial charge in [0.1, 0.15) is 0 Å². The second kappa shape index (κ2) is 8.41. The molecule has 0 spiro atoms. The third kappa shape index (κ3) is 4.30. The molecule has 0 heterocycles. The maximum atomic E-state index is 12.0. The van der Waals surface area contributed by atoms with Gasteiger partial charge in [0.2, 0.25) is 0 Å². The summed E-state index contributed by atoms with van der Waals surface area (Å²) in [7, 11) is 3.14. The van der Waals surface area contributed by atoms with Crippen molar-refractivity contribution in [2.45, 2.75) is 6.92 Å². The molecule has 2 aromatic rings. The molecule has 0 aliphatic rings. The Morgan fingerprint density at radius 3 is 2.21 bits per heavy atom. The highest BCUT2D eigenvalue weighted by atomic mass is 35.5. The minimum atomic E-state index is -0.405. The Hall–Kier alpha value is -2.46. The summed E-state index contributed by atoms with van der Waals surface area (Å²) in [5.41, 5.74) is 2.37. The number of carbonyl (C=O) groups is 1. The molecule has 0 atom stereocenters. The van der Waals surface area contributed by atoms with Crippen LogP contribution in [0.2, 0.25) is 5.02 Å². The van der Waals surface area contributed by atoms with E-state index in [-0.39, 0.29) is 0 Å². The fourth-order valence-corrected chi connectivity index (χ4v) is 2.39. The zero-order chi connectivity index (χ0) is 17.5. The lowest BCUT2D eigenvalue weighted by molar-refractivity contribution is -0.137. The first-order chi connectivity index (χ1) is 11.6. The number of benzene rings is 2. The number of hydrogen-bond acceptors (Lipinski definition) is 4. The molecule has 0 N–H and O–H groups in total. The fourth-order valence-electron chi connectivity index (χ4n) is 2.27. The summed E-state index contributed by atoms with van der Waals surface area (Å²) in [4.78, 5) is 12.0. The van der Waals surface area contributed by atoms with Gasteiger partial charge in [-0.3, -0.25) is 0 Å². The molecule has 0 unspecified atom stereocenters. The summed E-state index contributed by atoms with van der Waals surface area (Å²) in [6, 6.07) is 12.7. The molecule has 0 saturated carbocycles. The van der Waals surface area contributed by atoms with Crippen LogP contribution in [-0.2, 0) is 9.53 Å². The van der Waals surface area contributed by atoms with Crippen molar-refractivity contribution in [1.82, 2.24) is 0 Å². The Labute approximate surface area is 146 Å². The second-order valence-electron chi connectivity index (χ2n) is 4.89. The standard InChI is InChI=1S/C19H19ClO4/c1-4-24-19(21)12-16(13-5-8-15(20)9-6-13)14-7-10-17(22-2)18(11-14)23-3/h5-12H,4H2,1-3H3/b16-12+. The quantitative estimate of drug-likeness (QED) is 0.576. The van der Waals surface area contributed by atoms with E-state index in [0.29, 0.717) is 28.7 Å². The van der Waals surface area contributed by atoms with Crippen LogP contribution in [0.5, 0.6) is 11.5 Å². The Bertz CT molecular complexity index is 736. The van der Waals surface area contributed by atoms with Gasteiger partial charge in [-0.05, 0) is 47.9 Å². The third-order valence-electron chi connectivity index (χ3n) is 3.40. The molecular formula is C19H19ClO4. The van der Waals surface area contributed by atoms with Crippen molar-refractivity contribution in [3.8, 4) is 11.5 Å². The Balaban J connectivity index is 2.53. The first-order valence-corrected chi connectivity index (χ1v) is 7.83. The largest absolute Gasteiger partial charge is 0.493 e. The summed E-state index contributed by atoms with van der Waals surface area (Å²) in [5, 5.41) is 0.626. The van der Waals surface area contributed by atoms with E-state index in [1.54, 1.807) is 39.3 Å². The Morgan fingerprint density at radius 2 is 1.62 bits per heavy atom. The van der Waals surface area contributed by atoms with Crippen molar-refractivity contribution >= 4 is 23.1 Å². The maximum Gasteiger partial charge on any atom is 0.331 e. The van der Waals surface area contributed by atoms with E-state index in [1.165, 1.54) is 6.08 Å². The van der Waals surface area contributed by atoms with E-state index in [1.807, 2.05) is 24.3 Å². The highest BCUT2D eigenvalue weighted by Crippen LogP contribution is 2.33. The van der Waals surface area contributed by atoms with Gasteiger partial charge >= 0.3 is 5.97 Å². The van der Waals surface area contributed by atoms with Gasteiger partial charge in [-0.15, -0.1) is 0 Å². The van der Waals surface area contributed by atoms with Crippen LogP contribution >= 0.6 is 11.6 Å². The molecule has 126 valence electrons. The average Bonchev–Trinajstić information content (AvgIpc) is 2.60. The molecule has 0 aliphatic heterocycles. The van der Waals surface area contributed by atoms with Crippen LogP contribution in [0, 0.1) is 0 Å². The van der Waals surface area contributed by atoms with Crippen LogP contribution in [0.3, 0.4) is 0 Å². The molecule has 5 heteroatoms. The Morgan fingerprint density at radius 1 is 1.00 bits per heavy atom. The van der Waals surface area contributed by atoms with Crippen LogP contribution in [0.1, 0.15) is 18.1 Å². The number of ether oxygens (including phenoxy) is 3. The number of carbonyl (C=O) groups excluding carboxylic acids is 1. The molecule has 24 heavy (non-hydrogen) atoms. The lowest BCUT2D eigenvalue weighted by Gasteiger charge is -2.13. The lowest BCUT2D eigenvalue weighted by Crippen LogP contribution is -2.02. The maximum absolute atomic E-state index is 12.0. The third-order valence-corrected chi connectivity index (χ3v) is 3.65. The van der Waals surface area contributed by atoms with Crippen LogP contribution < -0.4 is 9.47 Å². The van der Waals surface area contributed by atoms with Crippen LogP contribution in [0.15, 0.2) is 48.5 Å². The van der Waals surface area contributed by atoms with Gasteiger partial charge in [-0.1, -0.05) is 29.8 Å². The fraction of sp³-hybridized carbons (Fsp3) is 0.211. The topological polar surface area (TPSA) is 44.8 Å². The molecule has 0 amide bonds. The minimum absolute atomic E-state index is 0.315. The Kier molecular flexibility index (Phi) is 6.27.